The molecule has 3 heteroatoms. The number of hydrogen-bond donors (Lipinski definition) is 1. The molecule has 0 amide bonds. The van der Waals surface area contributed by atoms with E-state index in [9.17, 15) is 0 Å². The summed E-state index contributed by atoms with van der Waals surface area (Å²) in [6.07, 6.45) is 1.16. The van der Waals surface area contributed by atoms with Gasteiger partial charge in [-0.25, -0.2) is 0 Å². The van der Waals surface area contributed by atoms with E-state index in [1.807, 2.05) is 11.3 Å². The molecule has 98 valence electrons. The second-order valence-electron chi connectivity index (χ2n) is 5.23. The molecule has 0 aliphatic carbocycles. The van der Waals surface area contributed by atoms with Gasteiger partial charge in [0.1, 0.15) is 0 Å². The highest BCUT2D eigenvalue weighted by Gasteiger charge is 2.28. The van der Waals surface area contributed by atoms with E-state index in [1.54, 1.807) is 7.11 Å². The molecule has 0 saturated heterocycles. The Morgan fingerprint density at radius 1 is 1.47 bits per heavy atom. The van der Waals surface area contributed by atoms with Crippen molar-refractivity contribution in [1.29, 1.82) is 0 Å². The second kappa shape index (κ2) is 7.14. The zero-order chi connectivity index (χ0) is 12.7. The van der Waals surface area contributed by atoms with Crippen LogP contribution in [0.15, 0.2) is 17.5 Å². The Morgan fingerprint density at radius 3 is 2.76 bits per heavy atom. The third-order valence-corrected chi connectivity index (χ3v) is 4.44. The smallest absolute Gasteiger partial charge is 0.0587 e. The molecule has 1 heterocycles. The Balaban J connectivity index is 2.50. The minimum atomic E-state index is 0.318. The fraction of sp³-hybridized carbons (Fsp3) is 0.714. The number of nitrogens with one attached hydrogen (secondary N) is 1. The van der Waals surface area contributed by atoms with Crippen molar-refractivity contribution in [3.05, 3.63) is 22.4 Å². The zero-order valence-corrected chi connectivity index (χ0v) is 12.3. The van der Waals surface area contributed by atoms with Gasteiger partial charge in [0.15, 0.2) is 0 Å². The van der Waals surface area contributed by atoms with Crippen LogP contribution in [0.25, 0.3) is 0 Å². The highest BCUT2D eigenvalue weighted by atomic mass is 32.1. The van der Waals surface area contributed by atoms with Crippen molar-refractivity contribution in [1.82, 2.24) is 5.32 Å². The van der Waals surface area contributed by atoms with Crippen LogP contribution in [-0.2, 0) is 11.2 Å². The normalized spacial score (nSPS) is 15.1. The maximum atomic E-state index is 5.06. The van der Waals surface area contributed by atoms with Gasteiger partial charge in [0, 0.05) is 25.1 Å². The van der Waals surface area contributed by atoms with Crippen LogP contribution in [0.4, 0.5) is 0 Å². The summed E-state index contributed by atoms with van der Waals surface area (Å²) in [4.78, 5) is 1.48. The lowest BCUT2D eigenvalue weighted by Crippen LogP contribution is -2.38. The van der Waals surface area contributed by atoms with Crippen LogP contribution in [-0.4, -0.2) is 26.8 Å². The molecule has 1 aromatic heterocycles. The van der Waals surface area contributed by atoms with Crippen molar-refractivity contribution in [3.8, 4) is 0 Å². The van der Waals surface area contributed by atoms with Crippen molar-refractivity contribution in [2.24, 2.45) is 11.3 Å². The van der Waals surface area contributed by atoms with Crippen molar-refractivity contribution in [3.63, 3.8) is 0 Å². The summed E-state index contributed by atoms with van der Waals surface area (Å²) < 4.78 is 5.06. The van der Waals surface area contributed by atoms with Crippen molar-refractivity contribution >= 4 is 11.3 Å². The van der Waals surface area contributed by atoms with Gasteiger partial charge in [-0.1, -0.05) is 26.8 Å². The Labute approximate surface area is 109 Å². The summed E-state index contributed by atoms with van der Waals surface area (Å²) in [5.74, 6) is 0.666. The molecule has 2 nitrogen and oxygen atoms in total. The number of rotatable bonds is 8. The summed E-state index contributed by atoms with van der Waals surface area (Å²) in [5, 5.41) is 5.66. The van der Waals surface area contributed by atoms with E-state index >= 15 is 0 Å². The van der Waals surface area contributed by atoms with Crippen molar-refractivity contribution < 1.29 is 4.74 Å². The predicted molar refractivity (Wildman–Crippen MR) is 75.7 cm³/mol. The van der Waals surface area contributed by atoms with E-state index in [2.05, 4.69) is 43.6 Å². The standard InChI is InChI=1S/C14H25NOS/c1-12(2)14(3,11-15-7-8-16-4)10-13-6-5-9-17-13/h5-6,9,12,15H,7-8,10-11H2,1-4H3. The molecule has 17 heavy (non-hydrogen) atoms. The first kappa shape index (κ1) is 14.7. The average molecular weight is 255 g/mol. The van der Waals surface area contributed by atoms with Crippen LogP contribution < -0.4 is 5.32 Å². The fourth-order valence-corrected chi connectivity index (χ4v) is 2.73. The van der Waals surface area contributed by atoms with Gasteiger partial charge in [0.2, 0.25) is 0 Å². The molecule has 0 saturated carbocycles. The SMILES string of the molecule is COCCNCC(C)(Cc1cccs1)C(C)C. The molecule has 1 rings (SSSR count). The van der Waals surface area contributed by atoms with Crippen LogP contribution in [0.3, 0.4) is 0 Å². The number of ether oxygens (including phenoxy) is 1. The maximum Gasteiger partial charge on any atom is 0.0587 e. The van der Waals surface area contributed by atoms with Gasteiger partial charge >= 0.3 is 0 Å². The molecule has 1 atom stereocenters. The summed E-state index contributed by atoms with van der Waals surface area (Å²) in [6, 6.07) is 4.37. The van der Waals surface area contributed by atoms with Gasteiger partial charge < -0.3 is 10.1 Å². The molecular formula is C14H25NOS. The van der Waals surface area contributed by atoms with E-state index in [0.29, 0.717) is 11.3 Å². The molecule has 1 unspecified atom stereocenters. The summed E-state index contributed by atoms with van der Waals surface area (Å²) in [5.41, 5.74) is 0.318. The lowest BCUT2D eigenvalue weighted by molar-refractivity contribution is 0.176. The third-order valence-electron chi connectivity index (χ3n) is 3.56. The monoisotopic (exact) mass is 255 g/mol. The molecule has 0 aliphatic rings. The minimum absolute atomic E-state index is 0.318. The second-order valence-corrected chi connectivity index (χ2v) is 6.27. The Kier molecular flexibility index (Phi) is 6.17. The van der Waals surface area contributed by atoms with Gasteiger partial charge in [-0.15, -0.1) is 11.3 Å². The van der Waals surface area contributed by atoms with E-state index < -0.39 is 0 Å². The van der Waals surface area contributed by atoms with E-state index in [-0.39, 0.29) is 0 Å². The Morgan fingerprint density at radius 2 is 2.24 bits per heavy atom. The van der Waals surface area contributed by atoms with Gasteiger partial charge in [-0.05, 0) is 29.2 Å². The Hall–Kier alpha value is -0.380. The predicted octanol–water partition coefficient (Wildman–Crippen LogP) is 3.19. The first-order chi connectivity index (χ1) is 8.08. The molecule has 0 aliphatic heterocycles. The van der Waals surface area contributed by atoms with Gasteiger partial charge in [-0.2, -0.15) is 0 Å². The van der Waals surface area contributed by atoms with Gasteiger partial charge in [-0.3, -0.25) is 0 Å². The average Bonchev–Trinajstić information content (AvgIpc) is 2.77. The van der Waals surface area contributed by atoms with Crippen LogP contribution in [0, 0.1) is 11.3 Å². The maximum absolute atomic E-state index is 5.06. The van der Waals surface area contributed by atoms with E-state index in [0.717, 1.165) is 26.1 Å². The number of hydrogen-bond acceptors (Lipinski definition) is 3. The summed E-state index contributed by atoms with van der Waals surface area (Å²) >= 11 is 1.86. The number of thiophene rings is 1. The lowest BCUT2D eigenvalue weighted by Gasteiger charge is -2.34. The van der Waals surface area contributed by atoms with E-state index in [4.69, 9.17) is 4.74 Å². The summed E-state index contributed by atoms with van der Waals surface area (Å²) in [6.45, 7) is 9.76. The van der Waals surface area contributed by atoms with Gasteiger partial charge in [0.25, 0.3) is 0 Å². The zero-order valence-electron chi connectivity index (χ0n) is 11.5. The quantitative estimate of drug-likeness (QED) is 0.720. The van der Waals surface area contributed by atoms with Crippen LogP contribution in [0.5, 0.6) is 0 Å². The van der Waals surface area contributed by atoms with Gasteiger partial charge in [0.05, 0.1) is 6.61 Å². The fourth-order valence-electron chi connectivity index (χ4n) is 1.83. The van der Waals surface area contributed by atoms with Crippen molar-refractivity contribution in [2.45, 2.75) is 27.2 Å². The minimum Gasteiger partial charge on any atom is -0.383 e. The summed E-state index contributed by atoms with van der Waals surface area (Å²) in [7, 11) is 1.75. The van der Waals surface area contributed by atoms with Crippen molar-refractivity contribution in [2.75, 3.05) is 26.8 Å². The molecule has 1 N–H and O–H groups in total. The molecule has 0 aromatic carbocycles. The van der Waals surface area contributed by atoms with Crippen LogP contribution in [0.1, 0.15) is 25.6 Å². The Bertz CT molecular complexity index is 297. The molecule has 0 spiro atoms. The highest BCUT2D eigenvalue weighted by Crippen LogP contribution is 2.32. The molecule has 1 aromatic rings. The lowest BCUT2D eigenvalue weighted by atomic mass is 9.76. The molecule has 0 fully saturated rings. The first-order valence-electron chi connectivity index (χ1n) is 6.30. The number of methoxy groups -OCH3 is 1. The first-order valence-corrected chi connectivity index (χ1v) is 7.18. The molecular weight excluding hydrogens is 230 g/mol. The molecule has 0 radical (unpaired) electrons. The molecule has 0 bridgehead atoms. The third kappa shape index (κ3) is 4.78. The topological polar surface area (TPSA) is 21.3 Å². The van der Waals surface area contributed by atoms with Crippen LogP contribution >= 0.6 is 11.3 Å². The van der Waals surface area contributed by atoms with E-state index in [1.165, 1.54) is 4.88 Å². The van der Waals surface area contributed by atoms with Crippen LogP contribution in [0.2, 0.25) is 0 Å². The highest BCUT2D eigenvalue weighted by molar-refractivity contribution is 7.09. The largest absolute Gasteiger partial charge is 0.383 e.